The van der Waals surface area contributed by atoms with Gasteiger partial charge in [0.1, 0.15) is 11.8 Å². The number of hydrogen-bond donors (Lipinski definition) is 0. The monoisotopic (exact) mass is 201 g/mol. The Morgan fingerprint density at radius 3 is 2.73 bits per heavy atom. The van der Waals surface area contributed by atoms with Crippen LogP contribution in [0.1, 0.15) is 0 Å². The Morgan fingerprint density at radius 2 is 2.13 bits per heavy atom. The first-order valence-corrected chi connectivity index (χ1v) is 4.26. The topological polar surface area (TPSA) is 71.9 Å². The normalized spacial score (nSPS) is 9.53. The van der Waals surface area contributed by atoms with Gasteiger partial charge < -0.3 is 9.15 Å². The summed E-state index contributed by atoms with van der Waals surface area (Å²) in [5.74, 6) is 1.10. The van der Waals surface area contributed by atoms with Crippen LogP contribution in [0.2, 0.25) is 0 Å². The molecule has 0 saturated carbocycles. The minimum Gasteiger partial charge on any atom is -0.479 e. The molecule has 0 fully saturated rings. The van der Waals surface area contributed by atoms with E-state index in [1.54, 1.807) is 24.3 Å². The Labute approximate surface area is 85.9 Å². The average Bonchev–Trinajstić information content (AvgIpc) is 2.80. The highest BCUT2D eigenvalue weighted by Gasteiger charge is 2.02. The molecule has 0 radical (unpaired) electrons. The third-order valence-corrected chi connectivity index (χ3v) is 1.76. The minimum absolute atomic E-state index is 0.0416. The minimum atomic E-state index is 0.0416. The van der Waals surface area contributed by atoms with Crippen molar-refractivity contribution in [1.29, 1.82) is 5.26 Å². The maximum Gasteiger partial charge on any atom is 0.247 e. The molecule has 0 spiro atoms. The Balaban J connectivity index is 2.15. The van der Waals surface area contributed by atoms with Crippen molar-refractivity contribution in [3.63, 3.8) is 0 Å². The molecule has 5 nitrogen and oxygen atoms in total. The largest absolute Gasteiger partial charge is 0.479 e. The van der Waals surface area contributed by atoms with E-state index in [1.165, 1.54) is 6.39 Å². The highest BCUT2D eigenvalue weighted by Crippen LogP contribution is 2.19. The second kappa shape index (κ2) is 4.24. The number of benzene rings is 1. The standard InChI is InChI=1S/C10H7N3O2/c11-5-6-14-9-3-1-8(2-4-9)10-13-12-7-15-10/h1-4,7H,6H2. The number of ether oxygens (including phenoxy) is 1. The molecule has 2 aromatic rings. The molecule has 5 heteroatoms. The van der Waals surface area contributed by atoms with Crippen LogP contribution >= 0.6 is 0 Å². The van der Waals surface area contributed by atoms with Crippen LogP contribution in [0.3, 0.4) is 0 Å². The van der Waals surface area contributed by atoms with Gasteiger partial charge in [0.2, 0.25) is 12.3 Å². The summed E-state index contributed by atoms with van der Waals surface area (Å²) in [4.78, 5) is 0. The lowest BCUT2D eigenvalue weighted by Crippen LogP contribution is -1.92. The molecule has 0 bridgehead atoms. The van der Waals surface area contributed by atoms with Crippen molar-refractivity contribution in [3.05, 3.63) is 30.7 Å². The molecule has 0 aliphatic carbocycles. The summed E-state index contributed by atoms with van der Waals surface area (Å²) in [6.45, 7) is 0.0416. The maximum absolute atomic E-state index is 8.32. The molecule has 0 aliphatic rings. The molecule has 2 rings (SSSR count). The van der Waals surface area contributed by atoms with Gasteiger partial charge in [-0.25, -0.2) is 0 Å². The summed E-state index contributed by atoms with van der Waals surface area (Å²) in [7, 11) is 0. The van der Waals surface area contributed by atoms with Crippen LogP contribution in [-0.2, 0) is 0 Å². The second-order valence-corrected chi connectivity index (χ2v) is 2.72. The van der Waals surface area contributed by atoms with Crippen LogP contribution in [0.5, 0.6) is 5.75 Å². The summed E-state index contributed by atoms with van der Waals surface area (Å²) in [5.41, 5.74) is 0.816. The molecule has 74 valence electrons. The fourth-order valence-corrected chi connectivity index (χ4v) is 1.11. The predicted molar refractivity (Wildman–Crippen MR) is 50.8 cm³/mol. The number of nitrogens with zero attached hydrogens (tertiary/aromatic N) is 3. The van der Waals surface area contributed by atoms with Crippen molar-refractivity contribution in [2.45, 2.75) is 0 Å². The Kier molecular flexibility index (Phi) is 2.61. The first-order valence-electron chi connectivity index (χ1n) is 4.26. The van der Waals surface area contributed by atoms with Gasteiger partial charge in [-0.05, 0) is 24.3 Å². The van der Waals surface area contributed by atoms with Gasteiger partial charge in [-0.15, -0.1) is 10.2 Å². The molecule has 1 aromatic heterocycles. The fourth-order valence-electron chi connectivity index (χ4n) is 1.11. The molecule has 0 saturated heterocycles. The van der Waals surface area contributed by atoms with Crippen molar-refractivity contribution in [2.75, 3.05) is 6.61 Å². The molecular formula is C10H7N3O2. The van der Waals surface area contributed by atoms with Gasteiger partial charge in [-0.3, -0.25) is 0 Å². The van der Waals surface area contributed by atoms with E-state index in [4.69, 9.17) is 14.4 Å². The van der Waals surface area contributed by atoms with Crippen LogP contribution in [0.4, 0.5) is 0 Å². The Morgan fingerprint density at radius 1 is 1.33 bits per heavy atom. The van der Waals surface area contributed by atoms with Crippen molar-refractivity contribution in [3.8, 4) is 23.3 Å². The van der Waals surface area contributed by atoms with Crippen LogP contribution in [0, 0.1) is 11.3 Å². The zero-order valence-electron chi connectivity index (χ0n) is 7.75. The molecular weight excluding hydrogens is 194 g/mol. The molecule has 0 aliphatic heterocycles. The van der Waals surface area contributed by atoms with E-state index < -0.39 is 0 Å². The maximum atomic E-state index is 8.32. The van der Waals surface area contributed by atoms with E-state index >= 15 is 0 Å². The van der Waals surface area contributed by atoms with E-state index in [1.807, 2.05) is 6.07 Å². The summed E-state index contributed by atoms with van der Waals surface area (Å²) in [6, 6.07) is 8.97. The van der Waals surface area contributed by atoms with Crippen molar-refractivity contribution >= 4 is 0 Å². The van der Waals surface area contributed by atoms with Gasteiger partial charge in [0.05, 0.1) is 0 Å². The van der Waals surface area contributed by atoms with E-state index in [-0.39, 0.29) is 6.61 Å². The molecule has 0 atom stereocenters. The summed E-state index contributed by atoms with van der Waals surface area (Å²) >= 11 is 0. The molecule has 0 N–H and O–H groups in total. The highest BCUT2D eigenvalue weighted by atomic mass is 16.5. The summed E-state index contributed by atoms with van der Waals surface area (Å²) in [5, 5.41) is 15.7. The average molecular weight is 201 g/mol. The summed E-state index contributed by atoms with van der Waals surface area (Å²) in [6.07, 6.45) is 1.27. The van der Waals surface area contributed by atoms with Crippen LogP contribution < -0.4 is 4.74 Å². The molecule has 15 heavy (non-hydrogen) atoms. The first kappa shape index (κ1) is 9.21. The smallest absolute Gasteiger partial charge is 0.247 e. The third-order valence-electron chi connectivity index (χ3n) is 1.76. The highest BCUT2D eigenvalue weighted by molar-refractivity contribution is 5.53. The van der Waals surface area contributed by atoms with E-state index in [2.05, 4.69) is 10.2 Å². The van der Waals surface area contributed by atoms with E-state index in [9.17, 15) is 0 Å². The Hall–Kier alpha value is -2.35. The van der Waals surface area contributed by atoms with Crippen molar-refractivity contribution < 1.29 is 9.15 Å². The lowest BCUT2D eigenvalue weighted by atomic mass is 10.2. The first-order chi connectivity index (χ1) is 7.40. The number of aromatic nitrogens is 2. The second-order valence-electron chi connectivity index (χ2n) is 2.72. The molecule has 1 heterocycles. The van der Waals surface area contributed by atoms with Crippen LogP contribution in [-0.4, -0.2) is 16.8 Å². The van der Waals surface area contributed by atoms with Gasteiger partial charge >= 0.3 is 0 Å². The molecule has 0 unspecified atom stereocenters. The number of nitriles is 1. The van der Waals surface area contributed by atoms with Crippen LogP contribution in [0.25, 0.3) is 11.5 Å². The van der Waals surface area contributed by atoms with Gasteiger partial charge in [0.15, 0.2) is 6.61 Å². The zero-order chi connectivity index (χ0) is 10.5. The predicted octanol–water partition coefficient (Wildman–Crippen LogP) is 1.64. The summed E-state index contributed by atoms with van der Waals surface area (Å²) < 4.78 is 10.1. The van der Waals surface area contributed by atoms with Crippen molar-refractivity contribution in [1.82, 2.24) is 10.2 Å². The number of hydrogen-bond acceptors (Lipinski definition) is 5. The third kappa shape index (κ3) is 2.11. The fraction of sp³-hybridized carbons (Fsp3) is 0.100. The van der Waals surface area contributed by atoms with Gasteiger partial charge in [-0.2, -0.15) is 5.26 Å². The van der Waals surface area contributed by atoms with Gasteiger partial charge in [0.25, 0.3) is 0 Å². The number of rotatable bonds is 3. The molecule has 1 aromatic carbocycles. The molecule has 0 amide bonds. The Bertz CT molecular complexity index is 456. The zero-order valence-corrected chi connectivity index (χ0v) is 7.75. The lowest BCUT2D eigenvalue weighted by Gasteiger charge is -2.00. The van der Waals surface area contributed by atoms with E-state index in [0.717, 1.165) is 5.56 Å². The van der Waals surface area contributed by atoms with Gasteiger partial charge in [0, 0.05) is 5.56 Å². The van der Waals surface area contributed by atoms with Crippen molar-refractivity contribution in [2.24, 2.45) is 0 Å². The van der Waals surface area contributed by atoms with Crippen LogP contribution in [0.15, 0.2) is 35.1 Å². The lowest BCUT2D eigenvalue weighted by molar-refractivity contribution is 0.368. The SMILES string of the molecule is N#CCOc1ccc(-c2nnco2)cc1. The van der Waals surface area contributed by atoms with Gasteiger partial charge in [-0.1, -0.05) is 0 Å². The van der Waals surface area contributed by atoms with E-state index in [0.29, 0.717) is 11.6 Å². The quantitative estimate of drug-likeness (QED) is 0.754.